The van der Waals surface area contributed by atoms with E-state index < -0.39 is 9.84 Å². The zero-order valence-corrected chi connectivity index (χ0v) is 11.0. The quantitative estimate of drug-likeness (QED) is 0.867. The van der Waals surface area contributed by atoms with Gasteiger partial charge in [0.15, 0.2) is 9.84 Å². The van der Waals surface area contributed by atoms with Crippen molar-refractivity contribution >= 4 is 15.5 Å². The first-order valence-corrected chi connectivity index (χ1v) is 7.43. The minimum atomic E-state index is -3.08. The molecule has 0 aliphatic carbocycles. The molecule has 1 aromatic carbocycles. The van der Waals surface area contributed by atoms with E-state index in [2.05, 4.69) is 10.2 Å². The van der Waals surface area contributed by atoms with Gasteiger partial charge in [0.05, 0.1) is 16.3 Å². The van der Waals surface area contributed by atoms with Crippen molar-refractivity contribution in [2.45, 2.75) is 11.8 Å². The summed E-state index contributed by atoms with van der Waals surface area (Å²) in [4.78, 5) is 2.64. The zero-order valence-electron chi connectivity index (χ0n) is 10.2. The summed E-state index contributed by atoms with van der Waals surface area (Å²) >= 11 is 0. The van der Waals surface area contributed by atoms with E-state index in [-0.39, 0.29) is 5.75 Å². The lowest BCUT2D eigenvalue weighted by Crippen LogP contribution is -2.39. The number of para-hydroxylation sites is 1. The van der Waals surface area contributed by atoms with E-state index in [4.69, 9.17) is 0 Å². The molecule has 0 atom stereocenters. The number of anilines is 1. The molecule has 17 heavy (non-hydrogen) atoms. The van der Waals surface area contributed by atoms with E-state index in [1.165, 1.54) is 0 Å². The first-order chi connectivity index (χ1) is 8.06. The van der Waals surface area contributed by atoms with Crippen molar-refractivity contribution in [3.63, 3.8) is 0 Å². The zero-order chi connectivity index (χ0) is 12.5. The molecule has 1 aliphatic heterocycles. The lowest BCUT2D eigenvalue weighted by molar-refractivity contribution is 0.588. The Balaban J connectivity index is 2.46. The summed E-state index contributed by atoms with van der Waals surface area (Å²) in [5, 5.41) is 3.09. The predicted octanol–water partition coefficient (Wildman–Crippen LogP) is 0.808. The van der Waals surface area contributed by atoms with Crippen LogP contribution < -0.4 is 10.2 Å². The van der Waals surface area contributed by atoms with E-state index in [0.29, 0.717) is 11.4 Å². The Hall–Kier alpha value is -1.07. The SMILES string of the molecule is CNCCN1CCS(=O)(=O)c2cccc(C)c21. The average molecular weight is 254 g/mol. The van der Waals surface area contributed by atoms with Crippen LogP contribution in [0.5, 0.6) is 0 Å². The number of nitrogens with one attached hydrogen (secondary N) is 1. The Bertz CT molecular complexity index is 511. The van der Waals surface area contributed by atoms with Crippen molar-refractivity contribution in [2.24, 2.45) is 0 Å². The molecule has 94 valence electrons. The monoisotopic (exact) mass is 254 g/mol. The third-order valence-electron chi connectivity index (χ3n) is 3.11. The number of rotatable bonds is 3. The molecule has 1 N–H and O–H groups in total. The van der Waals surface area contributed by atoms with E-state index in [9.17, 15) is 8.42 Å². The Morgan fingerprint density at radius 2 is 2.18 bits per heavy atom. The molecule has 2 rings (SSSR count). The fraction of sp³-hybridized carbons (Fsp3) is 0.500. The molecule has 4 nitrogen and oxygen atoms in total. The third-order valence-corrected chi connectivity index (χ3v) is 4.83. The maximum Gasteiger partial charge on any atom is 0.182 e. The number of aryl methyl sites for hydroxylation is 1. The van der Waals surface area contributed by atoms with Crippen LogP contribution in [0.1, 0.15) is 5.56 Å². The van der Waals surface area contributed by atoms with E-state index in [0.717, 1.165) is 24.3 Å². The van der Waals surface area contributed by atoms with Gasteiger partial charge < -0.3 is 10.2 Å². The largest absolute Gasteiger partial charge is 0.368 e. The fourth-order valence-electron chi connectivity index (χ4n) is 2.21. The molecule has 5 heteroatoms. The summed E-state index contributed by atoms with van der Waals surface area (Å²) in [6, 6.07) is 5.49. The second-order valence-electron chi connectivity index (χ2n) is 4.33. The van der Waals surface area contributed by atoms with Gasteiger partial charge in [-0.3, -0.25) is 0 Å². The molecule has 0 spiro atoms. The highest BCUT2D eigenvalue weighted by Crippen LogP contribution is 2.33. The summed E-state index contributed by atoms with van der Waals surface area (Å²) in [7, 11) is -1.18. The maximum absolute atomic E-state index is 12.0. The standard InChI is InChI=1S/C12H18N2O2S/c1-10-4-3-5-11-12(10)14(7-6-13-2)8-9-17(11,15)16/h3-5,13H,6-9H2,1-2H3. The predicted molar refractivity (Wildman–Crippen MR) is 69.4 cm³/mol. The summed E-state index contributed by atoms with van der Waals surface area (Å²) < 4.78 is 24.0. The molecule has 0 saturated heterocycles. The van der Waals surface area contributed by atoms with Crippen molar-refractivity contribution in [3.05, 3.63) is 23.8 Å². The molecule has 0 fully saturated rings. The van der Waals surface area contributed by atoms with Gasteiger partial charge in [-0.05, 0) is 25.6 Å². The number of hydrogen-bond acceptors (Lipinski definition) is 4. The highest BCUT2D eigenvalue weighted by molar-refractivity contribution is 7.91. The number of sulfone groups is 1. The summed E-state index contributed by atoms with van der Waals surface area (Å²) in [5.74, 6) is 0.215. The first-order valence-electron chi connectivity index (χ1n) is 5.78. The van der Waals surface area contributed by atoms with Crippen LogP contribution in [0.2, 0.25) is 0 Å². The normalized spacial score (nSPS) is 17.9. The molecule has 0 radical (unpaired) electrons. The molecule has 0 amide bonds. The minimum absolute atomic E-state index is 0.215. The molecule has 0 bridgehead atoms. The van der Waals surface area contributed by atoms with Crippen molar-refractivity contribution < 1.29 is 8.42 Å². The van der Waals surface area contributed by atoms with E-state index in [1.54, 1.807) is 6.07 Å². The van der Waals surface area contributed by atoms with Crippen molar-refractivity contribution in [1.82, 2.24) is 5.32 Å². The number of benzene rings is 1. The lowest BCUT2D eigenvalue weighted by atomic mass is 10.1. The van der Waals surface area contributed by atoms with Crippen LogP contribution in [-0.4, -0.2) is 40.9 Å². The molecular formula is C12H18N2O2S. The van der Waals surface area contributed by atoms with Gasteiger partial charge in [0, 0.05) is 19.6 Å². The van der Waals surface area contributed by atoms with E-state index >= 15 is 0 Å². The van der Waals surface area contributed by atoms with Crippen LogP contribution in [0.4, 0.5) is 5.69 Å². The average Bonchev–Trinajstić information content (AvgIpc) is 2.29. The number of nitrogens with zero attached hydrogens (tertiary/aromatic N) is 1. The van der Waals surface area contributed by atoms with Gasteiger partial charge in [-0.25, -0.2) is 8.42 Å². The minimum Gasteiger partial charge on any atom is -0.368 e. The molecule has 1 heterocycles. The van der Waals surface area contributed by atoms with Gasteiger partial charge in [0.2, 0.25) is 0 Å². The molecule has 1 aromatic rings. The van der Waals surface area contributed by atoms with Crippen LogP contribution in [0, 0.1) is 6.92 Å². The molecule has 1 aliphatic rings. The topological polar surface area (TPSA) is 49.4 Å². The highest BCUT2D eigenvalue weighted by Gasteiger charge is 2.28. The van der Waals surface area contributed by atoms with Gasteiger partial charge in [0.1, 0.15) is 0 Å². The molecule has 0 saturated carbocycles. The maximum atomic E-state index is 12.0. The van der Waals surface area contributed by atoms with Crippen LogP contribution in [0.15, 0.2) is 23.1 Å². The Labute approximate surface area is 103 Å². The number of likely N-dealkylation sites (N-methyl/N-ethyl adjacent to an activating group) is 1. The Kier molecular flexibility index (Phi) is 3.40. The smallest absolute Gasteiger partial charge is 0.182 e. The second-order valence-corrected chi connectivity index (χ2v) is 6.41. The van der Waals surface area contributed by atoms with Crippen LogP contribution >= 0.6 is 0 Å². The lowest BCUT2D eigenvalue weighted by Gasteiger charge is -2.32. The number of hydrogen-bond donors (Lipinski definition) is 1. The first kappa shape index (κ1) is 12.4. The van der Waals surface area contributed by atoms with Crippen LogP contribution in [0.3, 0.4) is 0 Å². The fourth-order valence-corrected chi connectivity index (χ4v) is 3.76. The van der Waals surface area contributed by atoms with Crippen LogP contribution in [0.25, 0.3) is 0 Å². The molecular weight excluding hydrogens is 236 g/mol. The van der Waals surface area contributed by atoms with Crippen molar-refractivity contribution in [1.29, 1.82) is 0 Å². The van der Waals surface area contributed by atoms with Crippen molar-refractivity contribution in [2.75, 3.05) is 37.3 Å². The Morgan fingerprint density at radius 1 is 1.41 bits per heavy atom. The summed E-state index contributed by atoms with van der Waals surface area (Å²) in [6.45, 7) is 4.24. The molecule has 0 unspecified atom stereocenters. The number of fused-ring (bicyclic) bond motifs is 1. The van der Waals surface area contributed by atoms with Gasteiger partial charge in [-0.2, -0.15) is 0 Å². The Morgan fingerprint density at radius 3 is 2.88 bits per heavy atom. The van der Waals surface area contributed by atoms with Crippen LogP contribution in [-0.2, 0) is 9.84 Å². The van der Waals surface area contributed by atoms with Gasteiger partial charge in [-0.1, -0.05) is 12.1 Å². The second kappa shape index (κ2) is 4.66. The van der Waals surface area contributed by atoms with Gasteiger partial charge in [-0.15, -0.1) is 0 Å². The van der Waals surface area contributed by atoms with Crippen molar-refractivity contribution in [3.8, 4) is 0 Å². The summed E-state index contributed by atoms with van der Waals surface area (Å²) in [5.41, 5.74) is 1.91. The molecule has 0 aromatic heterocycles. The third kappa shape index (κ3) is 2.30. The summed E-state index contributed by atoms with van der Waals surface area (Å²) in [6.07, 6.45) is 0. The highest BCUT2D eigenvalue weighted by atomic mass is 32.2. The van der Waals surface area contributed by atoms with Gasteiger partial charge >= 0.3 is 0 Å². The van der Waals surface area contributed by atoms with E-state index in [1.807, 2.05) is 26.1 Å². The van der Waals surface area contributed by atoms with Gasteiger partial charge in [0.25, 0.3) is 0 Å².